The van der Waals surface area contributed by atoms with Gasteiger partial charge in [0.05, 0.1) is 21.2 Å². The van der Waals surface area contributed by atoms with Gasteiger partial charge >= 0.3 is 6.18 Å². The molecule has 0 aliphatic rings. The Hall–Kier alpha value is -3.28. The van der Waals surface area contributed by atoms with Crippen LogP contribution in [-0.4, -0.2) is 43.8 Å². The van der Waals surface area contributed by atoms with E-state index in [0.717, 1.165) is 17.7 Å². The van der Waals surface area contributed by atoms with Crippen molar-refractivity contribution in [2.75, 3.05) is 10.8 Å². The molecule has 2 atom stereocenters. The molecule has 2 amide bonds. The molecule has 7 nitrogen and oxygen atoms in total. The van der Waals surface area contributed by atoms with Crippen LogP contribution in [0.2, 0.25) is 10.0 Å². The standard InChI is InChI=1S/C30H32Cl2F3N3O4S/c1-5-20(3)36-29(40)21(4)37(17-22-8-10-23(31)11-9-22)28(39)18-38(43(41,42)25-13-6-19(2)7-14-25)24-12-15-27(32)26(16-24)30(33,34)35/h6-16,20-21H,5,17-18H2,1-4H3,(H,36,40)/t20-,21-/m1/s1. The van der Waals surface area contributed by atoms with Crippen molar-refractivity contribution in [2.45, 2.75) is 63.8 Å². The first-order valence-electron chi connectivity index (χ1n) is 13.3. The molecule has 3 aromatic rings. The minimum atomic E-state index is -4.89. The predicted octanol–water partition coefficient (Wildman–Crippen LogP) is 6.85. The molecule has 232 valence electrons. The summed E-state index contributed by atoms with van der Waals surface area (Å²) in [6.07, 6.45) is -4.26. The van der Waals surface area contributed by atoms with Gasteiger partial charge in [-0.05, 0) is 75.2 Å². The van der Waals surface area contributed by atoms with Crippen molar-refractivity contribution >= 4 is 50.7 Å². The van der Waals surface area contributed by atoms with E-state index in [9.17, 15) is 31.2 Å². The number of anilines is 1. The lowest BCUT2D eigenvalue weighted by Gasteiger charge is -2.32. The maximum absolute atomic E-state index is 13.9. The van der Waals surface area contributed by atoms with E-state index in [1.165, 1.54) is 36.1 Å². The van der Waals surface area contributed by atoms with Gasteiger partial charge in [-0.15, -0.1) is 0 Å². The molecule has 1 N–H and O–H groups in total. The molecule has 3 rings (SSSR count). The van der Waals surface area contributed by atoms with E-state index in [4.69, 9.17) is 23.2 Å². The molecule has 0 saturated heterocycles. The van der Waals surface area contributed by atoms with Crippen LogP contribution >= 0.6 is 23.2 Å². The minimum absolute atomic E-state index is 0.0993. The summed E-state index contributed by atoms with van der Waals surface area (Å²) in [6, 6.07) is 13.5. The smallest absolute Gasteiger partial charge is 0.352 e. The monoisotopic (exact) mass is 657 g/mol. The summed E-state index contributed by atoms with van der Waals surface area (Å²) in [7, 11) is -4.56. The minimum Gasteiger partial charge on any atom is -0.352 e. The maximum atomic E-state index is 13.9. The number of benzene rings is 3. The highest BCUT2D eigenvalue weighted by atomic mass is 35.5. The predicted molar refractivity (Wildman–Crippen MR) is 162 cm³/mol. The topological polar surface area (TPSA) is 86.8 Å². The normalized spacial score (nSPS) is 13.2. The number of aryl methyl sites for hydroxylation is 1. The number of halogens is 5. The van der Waals surface area contributed by atoms with Gasteiger partial charge in [0.2, 0.25) is 11.8 Å². The molecule has 0 fully saturated rings. The van der Waals surface area contributed by atoms with Crippen molar-refractivity contribution in [3.8, 4) is 0 Å². The quantitative estimate of drug-likeness (QED) is 0.244. The fraction of sp³-hybridized carbons (Fsp3) is 0.333. The molecule has 0 spiro atoms. The molecule has 13 heteroatoms. The van der Waals surface area contributed by atoms with Crippen LogP contribution in [0.25, 0.3) is 0 Å². The fourth-order valence-electron chi connectivity index (χ4n) is 4.09. The number of hydrogen-bond donors (Lipinski definition) is 1. The van der Waals surface area contributed by atoms with Crippen molar-refractivity contribution in [3.63, 3.8) is 0 Å². The average Bonchev–Trinajstić information content (AvgIpc) is 2.95. The Morgan fingerprint density at radius 3 is 2.12 bits per heavy atom. The van der Waals surface area contributed by atoms with E-state index in [-0.39, 0.29) is 17.5 Å². The lowest BCUT2D eigenvalue weighted by molar-refractivity contribution is -0.139. The summed E-state index contributed by atoms with van der Waals surface area (Å²) in [5, 5.41) is 2.63. The molecule has 0 aliphatic carbocycles. The number of carbonyl (C=O) groups excluding carboxylic acids is 2. The summed E-state index contributed by atoms with van der Waals surface area (Å²) in [5.41, 5.74) is -0.334. The van der Waals surface area contributed by atoms with E-state index in [1.54, 1.807) is 38.1 Å². The summed E-state index contributed by atoms with van der Waals surface area (Å²) in [4.78, 5) is 28.0. The molecule has 0 unspecified atom stereocenters. The summed E-state index contributed by atoms with van der Waals surface area (Å²) < 4.78 is 69.6. The Labute approximate surface area is 259 Å². The molecule has 43 heavy (non-hydrogen) atoms. The number of nitrogens with one attached hydrogen (secondary N) is 1. The second kappa shape index (κ2) is 14.0. The Bertz CT molecular complexity index is 1550. The number of carbonyl (C=O) groups is 2. The van der Waals surface area contributed by atoms with Gasteiger partial charge in [0, 0.05) is 17.6 Å². The number of sulfonamides is 1. The average molecular weight is 659 g/mol. The Balaban J connectivity index is 2.11. The third-order valence-corrected chi connectivity index (χ3v) is 9.24. The lowest BCUT2D eigenvalue weighted by atomic mass is 10.1. The Morgan fingerprint density at radius 2 is 1.56 bits per heavy atom. The van der Waals surface area contributed by atoms with Crippen LogP contribution in [0.1, 0.15) is 43.9 Å². The lowest BCUT2D eigenvalue weighted by Crippen LogP contribution is -2.52. The summed E-state index contributed by atoms with van der Waals surface area (Å²) in [6.45, 7) is 5.91. The molecule has 0 saturated carbocycles. The first-order chi connectivity index (χ1) is 20.0. The number of rotatable bonds is 11. The summed E-state index contributed by atoms with van der Waals surface area (Å²) in [5.74, 6) is -1.29. The van der Waals surface area contributed by atoms with Gasteiger partial charge in [0.1, 0.15) is 12.6 Å². The van der Waals surface area contributed by atoms with Crippen LogP contribution in [0.4, 0.5) is 18.9 Å². The van der Waals surface area contributed by atoms with E-state index in [0.29, 0.717) is 27.4 Å². The van der Waals surface area contributed by atoms with Gasteiger partial charge in [0.25, 0.3) is 10.0 Å². The number of hydrogen-bond acceptors (Lipinski definition) is 4. The molecular formula is C30H32Cl2F3N3O4S. The number of nitrogens with zero attached hydrogens (tertiary/aromatic N) is 2. The molecular weight excluding hydrogens is 626 g/mol. The second-order valence-electron chi connectivity index (χ2n) is 10.1. The van der Waals surface area contributed by atoms with Crippen LogP contribution in [0.5, 0.6) is 0 Å². The van der Waals surface area contributed by atoms with Gasteiger partial charge < -0.3 is 10.2 Å². The van der Waals surface area contributed by atoms with Gasteiger partial charge in [-0.25, -0.2) is 8.42 Å². The number of amides is 2. The van der Waals surface area contributed by atoms with Gasteiger partial charge in [0.15, 0.2) is 0 Å². The molecule has 0 bridgehead atoms. The van der Waals surface area contributed by atoms with Crippen LogP contribution in [0.3, 0.4) is 0 Å². The molecule has 0 radical (unpaired) electrons. The van der Waals surface area contributed by atoms with Crippen molar-refractivity contribution < 1.29 is 31.2 Å². The number of alkyl halides is 3. The first-order valence-corrected chi connectivity index (χ1v) is 15.5. The molecule has 0 aliphatic heterocycles. The molecule has 0 heterocycles. The summed E-state index contributed by atoms with van der Waals surface area (Å²) >= 11 is 11.8. The zero-order chi connectivity index (χ0) is 32.1. The largest absolute Gasteiger partial charge is 0.417 e. The highest BCUT2D eigenvalue weighted by molar-refractivity contribution is 7.92. The van der Waals surface area contributed by atoms with Crippen LogP contribution in [0.15, 0.2) is 71.6 Å². The third kappa shape index (κ3) is 8.64. The van der Waals surface area contributed by atoms with Crippen molar-refractivity contribution in [3.05, 3.63) is 93.5 Å². The van der Waals surface area contributed by atoms with Crippen LogP contribution < -0.4 is 9.62 Å². The highest BCUT2D eigenvalue weighted by Gasteiger charge is 2.37. The Kier molecular flexibility index (Phi) is 11.1. The highest BCUT2D eigenvalue weighted by Crippen LogP contribution is 2.38. The van der Waals surface area contributed by atoms with Crippen molar-refractivity contribution in [1.82, 2.24) is 10.2 Å². The van der Waals surface area contributed by atoms with Gasteiger partial charge in [-0.1, -0.05) is 60.0 Å². The van der Waals surface area contributed by atoms with E-state index in [1.807, 2.05) is 6.92 Å². The maximum Gasteiger partial charge on any atom is 0.417 e. The SMILES string of the molecule is CC[C@@H](C)NC(=O)[C@@H](C)N(Cc1ccc(Cl)cc1)C(=O)CN(c1ccc(Cl)c(C(F)(F)F)c1)S(=O)(=O)c1ccc(C)cc1. The van der Waals surface area contributed by atoms with E-state index >= 15 is 0 Å². The van der Waals surface area contributed by atoms with Crippen molar-refractivity contribution in [2.24, 2.45) is 0 Å². The van der Waals surface area contributed by atoms with Crippen LogP contribution in [-0.2, 0) is 32.3 Å². The molecule has 3 aromatic carbocycles. The van der Waals surface area contributed by atoms with Crippen molar-refractivity contribution in [1.29, 1.82) is 0 Å². The molecule has 0 aromatic heterocycles. The third-order valence-electron chi connectivity index (χ3n) is 6.87. The van der Waals surface area contributed by atoms with E-state index in [2.05, 4.69) is 5.32 Å². The zero-order valence-corrected chi connectivity index (χ0v) is 26.3. The van der Waals surface area contributed by atoms with E-state index < -0.39 is 56.9 Å². The van der Waals surface area contributed by atoms with Crippen LogP contribution in [0, 0.1) is 6.92 Å². The zero-order valence-electron chi connectivity index (χ0n) is 24.0. The Morgan fingerprint density at radius 1 is 0.953 bits per heavy atom. The van der Waals surface area contributed by atoms with Gasteiger partial charge in [-0.2, -0.15) is 13.2 Å². The van der Waals surface area contributed by atoms with Gasteiger partial charge in [-0.3, -0.25) is 13.9 Å². The fourth-order valence-corrected chi connectivity index (χ4v) is 5.84. The second-order valence-corrected chi connectivity index (χ2v) is 12.8. The first kappa shape index (κ1) is 34.2.